The molecular weight excluding hydrogens is 397 g/mol. The number of benzene rings is 2. The topological polar surface area (TPSA) is 53.1 Å². The van der Waals surface area contributed by atoms with Gasteiger partial charge in [-0.2, -0.15) is 0 Å². The minimum atomic E-state index is -0.277. The second kappa shape index (κ2) is 10.0. The Morgan fingerprint density at radius 1 is 0.935 bits per heavy atom. The van der Waals surface area contributed by atoms with E-state index < -0.39 is 0 Å². The van der Waals surface area contributed by atoms with E-state index in [0.29, 0.717) is 45.8 Å². The molecule has 2 amide bonds. The number of nitrogens with zero attached hydrogens (tertiary/aromatic N) is 3. The molecule has 164 valence electrons. The van der Waals surface area contributed by atoms with Gasteiger partial charge in [-0.25, -0.2) is 4.39 Å². The fourth-order valence-electron chi connectivity index (χ4n) is 4.23. The standard InChI is InChI=1S/C24H28FN3O3/c25-21-8-6-19(7-9-21)16-28-15-13-26-12-14-27(11-10-22(26)24(28)30)23(29)18-31-17-20-4-2-1-3-5-20/h1-9,22H,10-18H2. The van der Waals surface area contributed by atoms with E-state index in [0.717, 1.165) is 17.7 Å². The predicted molar refractivity (Wildman–Crippen MR) is 114 cm³/mol. The Labute approximate surface area is 182 Å². The first-order chi connectivity index (χ1) is 15.1. The van der Waals surface area contributed by atoms with Gasteiger partial charge in [0.1, 0.15) is 12.4 Å². The van der Waals surface area contributed by atoms with Crippen molar-refractivity contribution >= 4 is 11.8 Å². The number of ether oxygens (including phenoxy) is 1. The zero-order valence-electron chi connectivity index (χ0n) is 17.6. The van der Waals surface area contributed by atoms with Gasteiger partial charge in [-0.1, -0.05) is 42.5 Å². The van der Waals surface area contributed by atoms with Gasteiger partial charge in [0.2, 0.25) is 11.8 Å². The van der Waals surface area contributed by atoms with Crippen molar-refractivity contribution in [3.8, 4) is 0 Å². The lowest BCUT2D eigenvalue weighted by Gasteiger charge is -2.39. The van der Waals surface area contributed by atoms with Gasteiger partial charge in [0.25, 0.3) is 0 Å². The second-order valence-electron chi connectivity index (χ2n) is 8.09. The van der Waals surface area contributed by atoms with Gasteiger partial charge in [-0.15, -0.1) is 0 Å². The molecule has 0 saturated carbocycles. The maximum atomic E-state index is 13.1. The van der Waals surface area contributed by atoms with Gasteiger partial charge in [-0.3, -0.25) is 14.5 Å². The highest BCUT2D eigenvalue weighted by molar-refractivity contribution is 5.83. The van der Waals surface area contributed by atoms with Gasteiger partial charge in [0.15, 0.2) is 0 Å². The highest BCUT2D eigenvalue weighted by Gasteiger charge is 2.37. The molecule has 2 heterocycles. The highest BCUT2D eigenvalue weighted by atomic mass is 19.1. The van der Waals surface area contributed by atoms with Crippen molar-refractivity contribution in [1.82, 2.24) is 14.7 Å². The molecule has 1 unspecified atom stereocenters. The molecule has 0 spiro atoms. The van der Waals surface area contributed by atoms with Crippen LogP contribution in [0.25, 0.3) is 0 Å². The maximum Gasteiger partial charge on any atom is 0.248 e. The number of hydrogen-bond donors (Lipinski definition) is 0. The Morgan fingerprint density at radius 3 is 2.45 bits per heavy atom. The molecule has 2 aliphatic heterocycles. The van der Waals surface area contributed by atoms with E-state index in [9.17, 15) is 14.0 Å². The molecule has 1 atom stereocenters. The van der Waals surface area contributed by atoms with Crippen LogP contribution in [0.1, 0.15) is 17.5 Å². The molecular formula is C24H28FN3O3. The number of carbonyl (C=O) groups excluding carboxylic acids is 2. The fraction of sp³-hybridized carbons (Fsp3) is 0.417. The lowest BCUT2D eigenvalue weighted by atomic mass is 10.1. The van der Waals surface area contributed by atoms with Crippen molar-refractivity contribution in [2.24, 2.45) is 0 Å². The zero-order valence-corrected chi connectivity index (χ0v) is 17.6. The zero-order chi connectivity index (χ0) is 21.6. The number of hydrogen-bond acceptors (Lipinski definition) is 4. The van der Waals surface area contributed by atoms with Crippen molar-refractivity contribution in [2.75, 3.05) is 39.3 Å². The molecule has 0 aromatic heterocycles. The van der Waals surface area contributed by atoms with Crippen molar-refractivity contribution in [3.63, 3.8) is 0 Å². The minimum Gasteiger partial charge on any atom is -0.367 e. The Kier molecular flexibility index (Phi) is 6.94. The average molecular weight is 426 g/mol. The molecule has 6 nitrogen and oxygen atoms in total. The van der Waals surface area contributed by atoms with Crippen LogP contribution >= 0.6 is 0 Å². The Morgan fingerprint density at radius 2 is 1.68 bits per heavy atom. The van der Waals surface area contributed by atoms with Crippen LogP contribution in [0.4, 0.5) is 4.39 Å². The third-order valence-corrected chi connectivity index (χ3v) is 6.00. The molecule has 0 aliphatic carbocycles. The lowest BCUT2D eigenvalue weighted by Crippen LogP contribution is -2.56. The van der Waals surface area contributed by atoms with Crippen molar-refractivity contribution in [1.29, 1.82) is 0 Å². The molecule has 7 heteroatoms. The number of amides is 2. The van der Waals surface area contributed by atoms with E-state index in [2.05, 4.69) is 4.90 Å². The lowest BCUT2D eigenvalue weighted by molar-refractivity contribution is -0.142. The maximum absolute atomic E-state index is 13.1. The number of fused-ring (bicyclic) bond motifs is 1. The summed E-state index contributed by atoms with van der Waals surface area (Å²) in [5.41, 5.74) is 1.96. The Hall–Kier alpha value is -2.77. The van der Waals surface area contributed by atoms with Crippen LogP contribution in [0, 0.1) is 5.82 Å². The minimum absolute atomic E-state index is 0.0357. The van der Waals surface area contributed by atoms with Crippen LogP contribution in [0.2, 0.25) is 0 Å². The monoisotopic (exact) mass is 425 g/mol. The second-order valence-corrected chi connectivity index (χ2v) is 8.09. The molecule has 2 saturated heterocycles. The van der Waals surface area contributed by atoms with Crippen LogP contribution in [-0.4, -0.2) is 71.9 Å². The van der Waals surface area contributed by atoms with Crippen LogP contribution in [0.3, 0.4) is 0 Å². The molecule has 2 aliphatic rings. The summed E-state index contributed by atoms with van der Waals surface area (Å²) in [5, 5.41) is 0. The van der Waals surface area contributed by atoms with E-state index in [-0.39, 0.29) is 30.3 Å². The van der Waals surface area contributed by atoms with E-state index >= 15 is 0 Å². The summed E-state index contributed by atoms with van der Waals surface area (Å²) < 4.78 is 18.7. The number of halogens is 1. The van der Waals surface area contributed by atoms with Gasteiger partial charge < -0.3 is 14.5 Å². The summed E-state index contributed by atoms with van der Waals surface area (Å²) >= 11 is 0. The molecule has 2 fully saturated rings. The summed E-state index contributed by atoms with van der Waals surface area (Å²) in [6.45, 7) is 4.20. The van der Waals surface area contributed by atoms with Crippen LogP contribution in [0.15, 0.2) is 54.6 Å². The third kappa shape index (κ3) is 5.48. The largest absolute Gasteiger partial charge is 0.367 e. The SMILES string of the molecule is O=C(COCc1ccccc1)N1CCC2C(=O)N(Cc3ccc(F)cc3)CCN2CC1. The molecule has 0 radical (unpaired) electrons. The summed E-state index contributed by atoms with van der Waals surface area (Å²) in [6.07, 6.45) is 0.614. The Balaban J connectivity index is 1.29. The molecule has 4 rings (SSSR count). The van der Waals surface area contributed by atoms with Gasteiger partial charge >= 0.3 is 0 Å². The van der Waals surface area contributed by atoms with Gasteiger partial charge in [0.05, 0.1) is 12.6 Å². The highest BCUT2D eigenvalue weighted by Crippen LogP contribution is 2.20. The van der Waals surface area contributed by atoms with Crippen LogP contribution in [0.5, 0.6) is 0 Å². The van der Waals surface area contributed by atoms with E-state index in [1.165, 1.54) is 12.1 Å². The first-order valence-electron chi connectivity index (χ1n) is 10.8. The van der Waals surface area contributed by atoms with Gasteiger partial charge in [-0.05, 0) is 29.7 Å². The number of carbonyl (C=O) groups is 2. The van der Waals surface area contributed by atoms with Crippen LogP contribution in [-0.2, 0) is 27.5 Å². The summed E-state index contributed by atoms with van der Waals surface area (Å²) in [7, 11) is 0. The summed E-state index contributed by atoms with van der Waals surface area (Å²) in [5.74, 6) is -0.224. The number of piperazine rings is 1. The van der Waals surface area contributed by atoms with Gasteiger partial charge in [0, 0.05) is 39.3 Å². The summed E-state index contributed by atoms with van der Waals surface area (Å²) in [4.78, 5) is 31.5. The van der Waals surface area contributed by atoms with E-state index in [1.54, 1.807) is 17.0 Å². The molecule has 2 aromatic rings. The first-order valence-corrected chi connectivity index (χ1v) is 10.8. The molecule has 31 heavy (non-hydrogen) atoms. The van der Waals surface area contributed by atoms with Crippen molar-refractivity contribution in [3.05, 3.63) is 71.5 Å². The quantitative estimate of drug-likeness (QED) is 0.713. The predicted octanol–water partition coefficient (Wildman–Crippen LogP) is 2.29. The number of rotatable bonds is 6. The smallest absolute Gasteiger partial charge is 0.248 e. The fourth-order valence-corrected chi connectivity index (χ4v) is 4.23. The van der Waals surface area contributed by atoms with Crippen LogP contribution < -0.4 is 0 Å². The molecule has 2 aromatic carbocycles. The van der Waals surface area contributed by atoms with E-state index in [4.69, 9.17) is 4.74 Å². The third-order valence-electron chi connectivity index (χ3n) is 6.00. The molecule has 0 N–H and O–H groups in total. The average Bonchev–Trinajstić information content (AvgIpc) is 3.01. The van der Waals surface area contributed by atoms with Crippen molar-refractivity contribution in [2.45, 2.75) is 25.6 Å². The summed E-state index contributed by atoms with van der Waals surface area (Å²) in [6, 6.07) is 15.9. The Bertz CT molecular complexity index is 891. The van der Waals surface area contributed by atoms with E-state index in [1.807, 2.05) is 35.2 Å². The first kappa shape index (κ1) is 21.5. The van der Waals surface area contributed by atoms with Crippen molar-refractivity contribution < 1.29 is 18.7 Å². The normalized spacial score (nSPS) is 19.8. The molecule has 0 bridgehead atoms.